The number of hydrogen-bond donors (Lipinski definition) is 0. The molecule has 0 spiro atoms. The van der Waals surface area contributed by atoms with Gasteiger partial charge in [0.15, 0.2) is 0 Å². The van der Waals surface area contributed by atoms with Gasteiger partial charge < -0.3 is 0 Å². The Balaban J connectivity index is 1.96. The Morgan fingerprint density at radius 3 is 1.85 bits per heavy atom. The van der Waals surface area contributed by atoms with Crippen molar-refractivity contribution in [3.63, 3.8) is 0 Å². The van der Waals surface area contributed by atoms with E-state index < -0.39 is 13.9 Å². The molecule has 0 saturated carbocycles. The van der Waals surface area contributed by atoms with E-state index in [1.54, 1.807) is 31.2 Å². The van der Waals surface area contributed by atoms with Crippen molar-refractivity contribution in [2.75, 3.05) is 0 Å². The molecule has 20 heavy (non-hydrogen) atoms. The van der Waals surface area contributed by atoms with Crippen molar-refractivity contribution in [2.24, 2.45) is 0 Å². The maximum atomic E-state index is 2.54. The van der Waals surface area contributed by atoms with E-state index in [2.05, 4.69) is 42.2 Å². The van der Waals surface area contributed by atoms with E-state index in [-0.39, 0.29) is 0 Å². The van der Waals surface area contributed by atoms with Crippen LogP contribution in [0, 0.1) is 0 Å². The van der Waals surface area contributed by atoms with Gasteiger partial charge >= 0.3 is 138 Å². The topological polar surface area (TPSA) is 0 Å². The molecule has 2 aromatic carbocycles. The summed E-state index contributed by atoms with van der Waals surface area (Å²) in [6, 6.07) is 14.3. The molecule has 0 aliphatic carbocycles. The molecule has 0 radical (unpaired) electrons. The molecule has 0 saturated heterocycles. The van der Waals surface area contributed by atoms with Gasteiger partial charge in [0.05, 0.1) is 0 Å². The third-order valence-electron chi connectivity index (χ3n) is 3.88. The van der Waals surface area contributed by atoms with E-state index in [9.17, 15) is 0 Å². The first-order valence-corrected chi connectivity index (χ1v) is 15.1. The molecule has 0 amide bonds. The van der Waals surface area contributed by atoms with Gasteiger partial charge in [-0.25, -0.2) is 0 Å². The molecule has 0 unspecified atom stereocenters. The molecule has 2 aliphatic rings. The van der Waals surface area contributed by atoms with Crippen LogP contribution in [-0.2, 0) is 21.3 Å². The minimum atomic E-state index is -0.514. The van der Waals surface area contributed by atoms with Crippen molar-refractivity contribution in [1.29, 1.82) is 0 Å². The quantitative estimate of drug-likeness (QED) is 0.524. The SMILES string of the molecule is C[Se+]1Cc2cccc3c2[Se]c2c(cccc2C1)C[Se]C3. The summed E-state index contributed by atoms with van der Waals surface area (Å²) in [4.78, 5) is 0. The molecule has 2 aliphatic heterocycles. The van der Waals surface area contributed by atoms with Crippen LogP contribution in [0.1, 0.15) is 22.3 Å². The molecule has 102 valence electrons. The summed E-state index contributed by atoms with van der Waals surface area (Å²) >= 11 is 0.763. The molecule has 0 aromatic heterocycles. The van der Waals surface area contributed by atoms with Crippen LogP contribution in [0.25, 0.3) is 0 Å². The van der Waals surface area contributed by atoms with Gasteiger partial charge in [-0.3, -0.25) is 0 Å². The van der Waals surface area contributed by atoms with Crippen molar-refractivity contribution in [3.05, 3.63) is 58.7 Å². The van der Waals surface area contributed by atoms with Crippen LogP contribution < -0.4 is 8.92 Å². The molecular weight excluding hydrogens is 441 g/mol. The van der Waals surface area contributed by atoms with Crippen molar-refractivity contribution < 1.29 is 0 Å². The number of benzene rings is 2. The van der Waals surface area contributed by atoms with E-state index in [1.165, 1.54) is 21.3 Å². The van der Waals surface area contributed by atoms with Gasteiger partial charge in [-0.1, -0.05) is 0 Å². The molecule has 0 N–H and O–H groups in total. The van der Waals surface area contributed by atoms with Crippen molar-refractivity contribution in [3.8, 4) is 0 Å². The summed E-state index contributed by atoms with van der Waals surface area (Å²) in [7, 11) is 0. The average molecular weight is 458 g/mol. The van der Waals surface area contributed by atoms with Gasteiger partial charge in [-0.15, -0.1) is 0 Å². The van der Waals surface area contributed by atoms with Crippen LogP contribution in [0.3, 0.4) is 0 Å². The molecule has 0 atom stereocenters. The van der Waals surface area contributed by atoms with Gasteiger partial charge in [0.25, 0.3) is 0 Å². The first kappa shape index (κ1) is 13.6. The molecule has 2 heterocycles. The molecule has 4 rings (SSSR count). The zero-order valence-electron chi connectivity index (χ0n) is 11.5. The van der Waals surface area contributed by atoms with Crippen LogP contribution in [-0.4, -0.2) is 43.8 Å². The molecule has 2 bridgehead atoms. The first-order valence-electron chi connectivity index (χ1n) is 6.87. The van der Waals surface area contributed by atoms with Crippen LogP contribution in [0.2, 0.25) is 5.82 Å². The Labute approximate surface area is 137 Å². The number of rotatable bonds is 0. The fourth-order valence-corrected chi connectivity index (χ4v) is 13.1. The average Bonchev–Trinajstić information content (AvgIpc) is 2.39. The van der Waals surface area contributed by atoms with E-state index in [0.29, 0.717) is 15.0 Å². The maximum absolute atomic E-state index is 2.54. The summed E-state index contributed by atoms with van der Waals surface area (Å²) in [5.74, 6) is 2.54. The van der Waals surface area contributed by atoms with Gasteiger partial charge in [0.2, 0.25) is 0 Å². The monoisotopic (exact) mass is 461 g/mol. The van der Waals surface area contributed by atoms with Gasteiger partial charge in [0.1, 0.15) is 0 Å². The molecular formula is C17H17Se3+. The van der Waals surface area contributed by atoms with Crippen LogP contribution >= 0.6 is 0 Å². The van der Waals surface area contributed by atoms with E-state index >= 15 is 0 Å². The molecule has 0 fully saturated rings. The standard InChI is InChI=1S/C17H17Se3/c1-20-10-14-6-2-4-12-8-18-9-13-5-3-7-15(11-20)17(13)19-16(12)14/h2-7H,8-11H2,1H3/q+1. The third kappa shape index (κ3) is 2.46. The normalized spacial score (nSPS) is 17.9. The zero-order chi connectivity index (χ0) is 13.5. The van der Waals surface area contributed by atoms with Crippen molar-refractivity contribution >= 4 is 52.7 Å². The van der Waals surface area contributed by atoms with E-state index in [4.69, 9.17) is 0 Å². The molecule has 3 heteroatoms. The minimum absolute atomic E-state index is 0.514. The summed E-state index contributed by atoms with van der Waals surface area (Å²) in [5.41, 5.74) is 6.77. The van der Waals surface area contributed by atoms with Crippen molar-refractivity contribution in [2.45, 2.75) is 27.1 Å². The fraction of sp³-hybridized carbons (Fsp3) is 0.294. The summed E-state index contributed by atoms with van der Waals surface area (Å²) < 4.78 is 3.51. The zero-order valence-corrected chi connectivity index (χ0v) is 16.7. The second-order valence-electron chi connectivity index (χ2n) is 5.48. The summed E-state index contributed by atoms with van der Waals surface area (Å²) in [6.45, 7) is 0. The fourth-order valence-electron chi connectivity index (χ4n) is 2.95. The van der Waals surface area contributed by atoms with E-state index in [0.717, 1.165) is 15.0 Å². The van der Waals surface area contributed by atoms with E-state index in [1.807, 2.05) is 0 Å². The third-order valence-corrected chi connectivity index (χ3v) is 12.5. The number of hydrogen-bond acceptors (Lipinski definition) is 0. The Bertz CT molecular complexity index is 608. The van der Waals surface area contributed by atoms with Gasteiger partial charge in [-0.05, 0) is 0 Å². The van der Waals surface area contributed by atoms with Crippen LogP contribution in [0.4, 0.5) is 0 Å². The molecule has 2 aromatic rings. The first-order chi connectivity index (χ1) is 9.81. The van der Waals surface area contributed by atoms with Crippen LogP contribution in [0.5, 0.6) is 0 Å². The Kier molecular flexibility index (Phi) is 3.86. The predicted molar refractivity (Wildman–Crippen MR) is 90.1 cm³/mol. The Morgan fingerprint density at radius 2 is 1.30 bits per heavy atom. The van der Waals surface area contributed by atoms with Crippen LogP contribution in [0.15, 0.2) is 36.4 Å². The second-order valence-corrected chi connectivity index (χ2v) is 14.2. The Hall–Kier alpha value is -0.00156. The second kappa shape index (κ2) is 5.65. The Morgan fingerprint density at radius 1 is 0.800 bits per heavy atom. The van der Waals surface area contributed by atoms with Crippen molar-refractivity contribution in [1.82, 2.24) is 0 Å². The van der Waals surface area contributed by atoms with Gasteiger partial charge in [0, 0.05) is 0 Å². The molecule has 0 nitrogen and oxygen atoms in total. The summed E-state index contributed by atoms with van der Waals surface area (Å²) in [5, 5.41) is 5.47. The summed E-state index contributed by atoms with van der Waals surface area (Å²) in [6.07, 6.45) is 0. The van der Waals surface area contributed by atoms with Gasteiger partial charge in [-0.2, -0.15) is 0 Å². The predicted octanol–water partition coefficient (Wildman–Crippen LogP) is 1.36.